The van der Waals surface area contributed by atoms with Crippen LogP contribution in [0, 0.1) is 6.92 Å². The van der Waals surface area contributed by atoms with Crippen LogP contribution in [0.2, 0.25) is 0 Å². The molecule has 2 unspecified atom stereocenters. The van der Waals surface area contributed by atoms with Crippen molar-refractivity contribution < 1.29 is 9.32 Å². The Bertz CT molecular complexity index is 341. The first-order chi connectivity index (χ1) is 7.15. The Morgan fingerprint density at radius 3 is 2.73 bits per heavy atom. The number of aliphatic hydroxyl groups excluding tert-OH is 1. The number of hydrogen-bond acceptors (Lipinski definition) is 3. The maximum Gasteiger partial charge on any atom is 0.0547 e. The number of benzene rings is 1. The van der Waals surface area contributed by atoms with Crippen LogP contribution in [0.1, 0.15) is 12.0 Å². The molecule has 0 heterocycles. The predicted molar refractivity (Wildman–Crippen MR) is 62.1 cm³/mol. The molecule has 0 aliphatic rings. The first kappa shape index (κ1) is 12.4. The standard InChI is InChI=1S/C11H17NO2S/c1-9-4-2-3-5-11(9)15(14)8-10(12)6-7-13/h2-5,10,13H,6-8,12H2,1H3. The van der Waals surface area contributed by atoms with Crippen molar-refractivity contribution in [3.8, 4) is 0 Å². The van der Waals surface area contributed by atoms with Gasteiger partial charge in [-0.05, 0) is 25.0 Å². The van der Waals surface area contributed by atoms with Crippen LogP contribution in [0.4, 0.5) is 0 Å². The van der Waals surface area contributed by atoms with Crippen molar-refractivity contribution in [1.82, 2.24) is 0 Å². The van der Waals surface area contributed by atoms with Gasteiger partial charge in [-0.2, -0.15) is 0 Å². The third-order valence-electron chi connectivity index (χ3n) is 2.20. The van der Waals surface area contributed by atoms with Gasteiger partial charge in [-0.25, -0.2) is 0 Å². The number of hydrogen-bond donors (Lipinski definition) is 2. The van der Waals surface area contributed by atoms with E-state index in [1.165, 1.54) is 0 Å². The van der Waals surface area contributed by atoms with Gasteiger partial charge < -0.3 is 10.8 Å². The summed E-state index contributed by atoms with van der Waals surface area (Å²) in [5.41, 5.74) is 6.74. The van der Waals surface area contributed by atoms with E-state index < -0.39 is 10.8 Å². The van der Waals surface area contributed by atoms with Crippen LogP contribution in [0.5, 0.6) is 0 Å². The molecule has 1 rings (SSSR count). The van der Waals surface area contributed by atoms with Gasteiger partial charge in [0.2, 0.25) is 0 Å². The lowest BCUT2D eigenvalue weighted by atomic mass is 10.2. The zero-order valence-electron chi connectivity index (χ0n) is 8.85. The van der Waals surface area contributed by atoms with Crippen LogP contribution in [-0.2, 0) is 10.8 Å². The molecule has 0 bridgehead atoms. The summed E-state index contributed by atoms with van der Waals surface area (Å²) < 4.78 is 11.9. The van der Waals surface area contributed by atoms with E-state index >= 15 is 0 Å². The van der Waals surface area contributed by atoms with Crippen molar-refractivity contribution in [3.63, 3.8) is 0 Å². The molecule has 0 aliphatic heterocycles. The van der Waals surface area contributed by atoms with Crippen molar-refractivity contribution in [2.75, 3.05) is 12.4 Å². The fourth-order valence-corrected chi connectivity index (χ4v) is 2.74. The van der Waals surface area contributed by atoms with Gasteiger partial charge in [0.25, 0.3) is 0 Å². The molecule has 3 nitrogen and oxygen atoms in total. The highest BCUT2D eigenvalue weighted by Gasteiger charge is 2.11. The number of aryl methyl sites for hydroxylation is 1. The lowest BCUT2D eigenvalue weighted by Gasteiger charge is -2.10. The Morgan fingerprint density at radius 1 is 1.47 bits per heavy atom. The Balaban J connectivity index is 2.65. The zero-order chi connectivity index (χ0) is 11.3. The molecule has 0 aromatic heterocycles. The SMILES string of the molecule is Cc1ccccc1S(=O)CC(N)CCO. The van der Waals surface area contributed by atoms with Crippen LogP contribution in [0.3, 0.4) is 0 Å². The van der Waals surface area contributed by atoms with Crippen LogP contribution >= 0.6 is 0 Å². The minimum Gasteiger partial charge on any atom is -0.396 e. The van der Waals surface area contributed by atoms with E-state index in [0.717, 1.165) is 10.5 Å². The molecule has 0 radical (unpaired) electrons. The fraction of sp³-hybridized carbons (Fsp3) is 0.455. The summed E-state index contributed by atoms with van der Waals surface area (Å²) in [6.07, 6.45) is 0.498. The molecule has 3 N–H and O–H groups in total. The molecule has 0 amide bonds. The first-order valence-corrected chi connectivity index (χ1v) is 6.27. The first-order valence-electron chi connectivity index (χ1n) is 4.95. The molecular weight excluding hydrogens is 210 g/mol. The van der Waals surface area contributed by atoms with Gasteiger partial charge in [-0.1, -0.05) is 18.2 Å². The highest BCUT2D eigenvalue weighted by atomic mass is 32.2. The Labute approximate surface area is 92.8 Å². The zero-order valence-corrected chi connectivity index (χ0v) is 9.67. The van der Waals surface area contributed by atoms with E-state index in [1.807, 2.05) is 31.2 Å². The fourth-order valence-electron chi connectivity index (χ4n) is 1.35. The van der Waals surface area contributed by atoms with Crippen molar-refractivity contribution in [2.45, 2.75) is 24.3 Å². The average molecular weight is 227 g/mol. The van der Waals surface area contributed by atoms with Gasteiger partial charge in [0, 0.05) is 23.3 Å². The van der Waals surface area contributed by atoms with Crippen LogP contribution in [-0.4, -0.2) is 27.7 Å². The van der Waals surface area contributed by atoms with Gasteiger partial charge in [-0.15, -0.1) is 0 Å². The van der Waals surface area contributed by atoms with Gasteiger partial charge in [-0.3, -0.25) is 4.21 Å². The molecule has 1 aromatic rings. The average Bonchev–Trinajstić information content (AvgIpc) is 2.18. The predicted octanol–water partition coefficient (Wildman–Crippen LogP) is 0.812. The van der Waals surface area contributed by atoms with E-state index in [2.05, 4.69) is 0 Å². The number of nitrogens with two attached hydrogens (primary N) is 1. The maximum absolute atomic E-state index is 11.9. The molecule has 4 heteroatoms. The lowest BCUT2D eigenvalue weighted by Crippen LogP contribution is -2.28. The maximum atomic E-state index is 11.9. The second-order valence-electron chi connectivity index (χ2n) is 3.55. The third-order valence-corrected chi connectivity index (χ3v) is 3.88. The van der Waals surface area contributed by atoms with Crippen molar-refractivity contribution in [3.05, 3.63) is 29.8 Å². The molecule has 1 aromatic carbocycles. The summed E-state index contributed by atoms with van der Waals surface area (Å²) in [5.74, 6) is 0.408. The topological polar surface area (TPSA) is 63.3 Å². The normalized spacial score (nSPS) is 14.9. The third kappa shape index (κ3) is 3.74. The summed E-state index contributed by atoms with van der Waals surface area (Å²) in [4.78, 5) is 0.839. The van der Waals surface area contributed by atoms with Gasteiger partial charge in [0.05, 0.1) is 10.8 Å². The Hall–Kier alpha value is -0.710. The molecule has 0 aliphatic carbocycles. The molecular formula is C11H17NO2S. The smallest absolute Gasteiger partial charge is 0.0547 e. The van der Waals surface area contributed by atoms with Crippen LogP contribution in [0.25, 0.3) is 0 Å². The summed E-state index contributed by atoms with van der Waals surface area (Å²) in [5, 5.41) is 8.70. The molecule has 15 heavy (non-hydrogen) atoms. The Kier molecular flexibility index (Phi) is 4.94. The molecule has 0 fully saturated rings. The monoisotopic (exact) mass is 227 g/mol. The van der Waals surface area contributed by atoms with Gasteiger partial charge >= 0.3 is 0 Å². The highest BCUT2D eigenvalue weighted by Crippen LogP contribution is 2.13. The quantitative estimate of drug-likeness (QED) is 0.782. The minimum atomic E-state index is -1.06. The van der Waals surface area contributed by atoms with E-state index in [0.29, 0.717) is 12.2 Å². The molecule has 2 atom stereocenters. The summed E-state index contributed by atoms with van der Waals surface area (Å²) in [6.45, 7) is 1.98. The summed E-state index contributed by atoms with van der Waals surface area (Å²) in [7, 11) is -1.06. The highest BCUT2D eigenvalue weighted by molar-refractivity contribution is 7.85. The minimum absolute atomic E-state index is 0.0478. The molecule has 84 valence electrons. The van der Waals surface area contributed by atoms with Crippen molar-refractivity contribution in [1.29, 1.82) is 0 Å². The molecule has 0 saturated heterocycles. The van der Waals surface area contributed by atoms with E-state index in [9.17, 15) is 4.21 Å². The Morgan fingerprint density at radius 2 is 2.13 bits per heavy atom. The largest absolute Gasteiger partial charge is 0.396 e. The van der Waals surface area contributed by atoms with Crippen LogP contribution < -0.4 is 5.73 Å². The molecule has 0 spiro atoms. The second kappa shape index (κ2) is 6.00. The number of aliphatic hydroxyl groups is 1. The van der Waals surface area contributed by atoms with Crippen molar-refractivity contribution >= 4 is 10.8 Å². The van der Waals surface area contributed by atoms with Gasteiger partial charge in [0.15, 0.2) is 0 Å². The lowest BCUT2D eigenvalue weighted by molar-refractivity contribution is 0.279. The van der Waals surface area contributed by atoms with E-state index in [4.69, 9.17) is 10.8 Å². The molecule has 0 saturated carbocycles. The van der Waals surface area contributed by atoms with Crippen molar-refractivity contribution in [2.24, 2.45) is 5.73 Å². The van der Waals surface area contributed by atoms with Gasteiger partial charge in [0.1, 0.15) is 0 Å². The van der Waals surface area contributed by atoms with E-state index in [1.54, 1.807) is 0 Å². The number of rotatable bonds is 5. The van der Waals surface area contributed by atoms with Crippen LogP contribution in [0.15, 0.2) is 29.2 Å². The van der Waals surface area contributed by atoms with E-state index in [-0.39, 0.29) is 12.6 Å². The summed E-state index contributed by atoms with van der Waals surface area (Å²) in [6, 6.07) is 7.39. The summed E-state index contributed by atoms with van der Waals surface area (Å²) >= 11 is 0. The second-order valence-corrected chi connectivity index (χ2v) is 5.01.